The second kappa shape index (κ2) is 13.4. The molecule has 0 spiro atoms. The van der Waals surface area contributed by atoms with Gasteiger partial charge < -0.3 is 28.1 Å². The van der Waals surface area contributed by atoms with Gasteiger partial charge in [0.25, 0.3) is 0 Å². The molecular formula is C20H26ClN2O2S-. The van der Waals surface area contributed by atoms with Gasteiger partial charge in [0.15, 0.2) is 0 Å². The highest BCUT2D eigenvalue weighted by atomic mass is 35.5. The van der Waals surface area contributed by atoms with Gasteiger partial charge in [-0.15, -0.1) is 11.8 Å². The summed E-state index contributed by atoms with van der Waals surface area (Å²) < 4.78 is 0. The fraction of sp³-hybridized carbons (Fsp3) is 0.250. The number of para-hydroxylation sites is 1. The van der Waals surface area contributed by atoms with Gasteiger partial charge in [0.05, 0.1) is 5.69 Å². The van der Waals surface area contributed by atoms with Crippen molar-refractivity contribution in [2.45, 2.75) is 11.3 Å². The van der Waals surface area contributed by atoms with Crippen molar-refractivity contribution in [1.29, 1.82) is 0 Å². The molecule has 4 nitrogen and oxygen atoms in total. The number of amides is 1. The van der Waals surface area contributed by atoms with Crippen molar-refractivity contribution in [2.75, 3.05) is 31.7 Å². The average Bonchev–Trinajstić information content (AvgIpc) is 2.59. The summed E-state index contributed by atoms with van der Waals surface area (Å²) in [4.78, 5) is 15.4. The van der Waals surface area contributed by atoms with Gasteiger partial charge >= 0.3 is 0 Å². The minimum Gasteiger partial charge on any atom is -1.00 e. The number of anilines is 1. The van der Waals surface area contributed by atoms with Crippen LogP contribution in [0, 0.1) is 0 Å². The number of halogens is 1. The fourth-order valence-corrected chi connectivity index (χ4v) is 3.11. The lowest BCUT2D eigenvalue weighted by molar-refractivity contribution is -0.111. The molecule has 2 aromatic rings. The van der Waals surface area contributed by atoms with E-state index < -0.39 is 0 Å². The van der Waals surface area contributed by atoms with Crippen molar-refractivity contribution in [1.82, 2.24) is 4.90 Å². The highest BCUT2D eigenvalue weighted by molar-refractivity contribution is 7.99. The number of hydrogen-bond donors (Lipinski definition) is 1. The molecule has 0 aliphatic rings. The van der Waals surface area contributed by atoms with E-state index in [-0.39, 0.29) is 23.8 Å². The Morgan fingerprint density at radius 2 is 1.73 bits per heavy atom. The van der Waals surface area contributed by atoms with E-state index in [0.29, 0.717) is 0 Å². The largest absolute Gasteiger partial charge is 1.00 e. The van der Waals surface area contributed by atoms with Gasteiger partial charge in [-0.1, -0.05) is 42.5 Å². The molecule has 3 N–H and O–H groups in total. The van der Waals surface area contributed by atoms with Crippen LogP contribution in [0.25, 0.3) is 6.08 Å². The smallest absolute Gasteiger partial charge is 0.248 e. The second-order valence-corrected chi connectivity index (χ2v) is 6.87. The van der Waals surface area contributed by atoms with E-state index in [0.717, 1.165) is 34.9 Å². The monoisotopic (exact) mass is 393 g/mol. The number of carbonyl (C=O) groups excluding carboxylic acids is 1. The molecule has 0 bridgehead atoms. The Morgan fingerprint density at radius 1 is 1.08 bits per heavy atom. The quantitative estimate of drug-likeness (QED) is 0.405. The van der Waals surface area contributed by atoms with Crippen molar-refractivity contribution in [3.05, 3.63) is 66.2 Å². The van der Waals surface area contributed by atoms with Crippen LogP contribution in [0.15, 0.2) is 65.6 Å². The number of rotatable bonds is 8. The van der Waals surface area contributed by atoms with Gasteiger partial charge in [0, 0.05) is 11.0 Å². The van der Waals surface area contributed by atoms with Gasteiger partial charge in [-0.05, 0) is 56.6 Å². The maximum absolute atomic E-state index is 12.1. The van der Waals surface area contributed by atoms with E-state index in [1.54, 1.807) is 17.8 Å². The molecule has 0 aliphatic carbocycles. The average molecular weight is 394 g/mol. The van der Waals surface area contributed by atoms with Crippen LogP contribution in [0.5, 0.6) is 0 Å². The molecule has 1 amide bonds. The Bertz CT molecular complexity index is 679. The number of hydrogen-bond acceptors (Lipinski definition) is 3. The van der Waals surface area contributed by atoms with Gasteiger partial charge in [0.2, 0.25) is 5.91 Å². The summed E-state index contributed by atoms with van der Waals surface area (Å²) in [5.74, 6) is 0.922. The van der Waals surface area contributed by atoms with E-state index in [1.807, 2.05) is 54.6 Å². The number of carbonyl (C=O) groups is 1. The van der Waals surface area contributed by atoms with E-state index in [2.05, 4.69) is 30.4 Å². The Kier molecular flexibility index (Phi) is 12.5. The second-order valence-electron chi connectivity index (χ2n) is 5.73. The maximum Gasteiger partial charge on any atom is 0.248 e. The summed E-state index contributed by atoms with van der Waals surface area (Å²) in [7, 11) is 4.16. The summed E-state index contributed by atoms with van der Waals surface area (Å²) in [6.07, 6.45) is 4.51. The molecule has 0 atom stereocenters. The number of benzene rings is 2. The van der Waals surface area contributed by atoms with Crippen LogP contribution in [0.4, 0.5) is 5.69 Å². The predicted molar refractivity (Wildman–Crippen MR) is 108 cm³/mol. The van der Waals surface area contributed by atoms with Gasteiger partial charge in [-0.3, -0.25) is 4.79 Å². The Hall–Kier alpha value is -1.79. The molecule has 0 heterocycles. The van der Waals surface area contributed by atoms with E-state index in [4.69, 9.17) is 0 Å². The maximum atomic E-state index is 12.1. The van der Waals surface area contributed by atoms with Gasteiger partial charge in [-0.2, -0.15) is 0 Å². The lowest BCUT2D eigenvalue weighted by atomic mass is 10.2. The van der Waals surface area contributed by atoms with Crippen LogP contribution in [0.2, 0.25) is 0 Å². The summed E-state index contributed by atoms with van der Waals surface area (Å²) in [5.41, 5.74) is 1.88. The first kappa shape index (κ1) is 24.2. The topological polar surface area (TPSA) is 63.8 Å². The molecule has 0 aliphatic heterocycles. The van der Waals surface area contributed by atoms with Crippen molar-refractivity contribution >= 4 is 29.4 Å². The summed E-state index contributed by atoms with van der Waals surface area (Å²) >= 11 is 1.78. The minimum absolute atomic E-state index is 0. The third-order valence-electron chi connectivity index (χ3n) is 3.38. The molecule has 26 heavy (non-hydrogen) atoms. The highest BCUT2D eigenvalue weighted by Gasteiger charge is 2.05. The fourth-order valence-electron chi connectivity index (χ4n) is 2.17. The zero-order chi connectivity index (χ0) is 17.2. The molecule has 0 fully saturated rings. The summed E-state index contributed by atoms with van der Waals surface area (Å²) in [5, 5.41) is 2.97. The Morgan fingerprint density at radius 3 is 2.42 bits per heavy atom. The highest BCUT2D eigenvalue weighted by Crippen LogP contribution is 2.27. The van der Waals surface area contributed by atoms with E-state index >= 15 is 0 Å². The molecule has 142 valence electrons. The lowest BCUT2D eigenvalue weighted by Gasteiger charge is -2.11. The minimum atomic E-state index is -0.111. The zero-order valence-electron chi connectivity index (χ0n) is 15.1. The summed E-state index contributed by atoms with van der Waals surface area (Å²) in [6.45, 7) is 1.07. The Labute approximate surface area is 166 Å². The molecule has 0 radical (unpaired) electrons. The van der Waals surface area contributed by atoms with Crippen LogP contribution in [-0.4, -0.2) is 42.7 Å². The first-order chi connectivity index (χ1) is 11.6. The number of thioether (sulfide) groups is 1. The molecule has 0 unspecified atom stereocenters. The van der Waals surface area contributed by atoms with Crippen LogP contribution in [0.1, 0.15) is 12.0 Å². The van der Waals surface area contributed by atoms with Crippen LogP contribution < -0.4 is 17.7 Å². The SMILES string of the molecule is CN(C)CCCSc1ccccc1NC(=O)/C=C/c1ccccc1.O.[Cl-]. The van der Waals surface area contributed by atoms with Crippen molar-refractivity contribution in [3.63, 3.8) is 0 Å². The predicted octanol–water partition coefficient (Wildman–Crippen LogP) is 0.562. The third kappa shape index (κ3) is 9.06. The number of nitrogens with zero attached hydrogens (tertiary/aromatic N) is 1. The molecule has 0 saturated carbocycles. The molecule has 0 aromatic heterocycles. The molecular weight excluding hydrogens is 368 g/mol. The molecule has 0 saturated heterocycles. The third-order valence-corrected chi connectivity index (χ3v) is 4.54. The zero-order valence-corrected chi connectivity index (χ0v) is 16.7. The van der Waals surface area contributed by atoms with E-state index in [9.17, 15) is 4.79 Å². The summed E-state index contributed by atoms with van der Waals surface area (Å²) in [6, 6.07) is 17.8. The first-order valence-electron chi connectivity index (χ1n) is 8.06. The molecule has 6 heteroatoms. The standard InChI is InChI=1S/C20H24N2OS.ClH.H2O/c1-22(2)15-8-16-24-19-12-7-6-11-18(19)21-20(23)14-13-17-9-4-3-5-10-17;;/h3-7,9-14H,8,15-16H2,1-2H3,(H,21,23);1H;1H2/p-1/b14-13+;;. The first-order valence-corrected chi connectivity index (χ1v) is 9.04. The van der Waals surface area contributed by atoms with Gasteiger partial charge in [-0.25, -0.2) is 0 Å². The van der Waals surface area contributed by atoms with Crippen molar-refractivity contribution in [3.8, 4) is 0 Å². The van der Waals surface area contributed by atoms with Crippen molar-refractivity contribution in [2.24, 2.45) is 0 Å². The molecule has 2 aromatic carbocycles. The van der Waals surface area contributed by atoms with E-state index in [1.165, 1.54) is 0 Å². The lowest BCUT2D eigenvalue weighted by Crippen LogP contribution is -3.00. The van der Waals surface area contributed by atoms with Crippen LogP contribution in [0.3, 0.4) is 0 Å². The Balaban J connectivity index is 0.00000312. The van der Waals surface area contributed by atoms with Crippen molar-refractivity contribution < 1.29 is 22.7 Å². The van der Waals surface area contributed by atoms with Crippen LogP contribution >= 0.6 is 11.8 Å². The molecule has 2 rings (SSSR count). The normalized spacial score (nSPS) is 10.3. The van der Waals surface area contributed by atoms with Gasteiger partial charge in [0.1, 0.15) is 0 Å². The number of nitrogens with one attached hydrogen (secondary N) is 1. The van der Waals surface area contributed by atoms with Crippen LogP contribution in [-0.2, 0) is 4.79 Å².